The van der Waals surface area contributed by atoms with Crippen LogP contribution in [0.4, 0.5) is 0 Å². The highest BCUT2D eigenvalue weighted by atomic mass is 32.1. The van der Waals surface area contributed by atoms with Gasteiger partial charge >= 0.3 is 0 Å². The molecular weight excluding hydrogens is 238 g/mol. The molecule has 0 amide bonds. The van der Waals surface area contributed by atoms with Gasteiger partial charge in [0, 0.05) is 37.4 Å². The van der Waals surface area contributed by atoms with E-state index in [1.807, 2.05) is 16.0 Å². The lowest BCUT2D eigenvalue weighted by Gasteiger charge is -2.31. The Hall–Kier alpha value is -0.950. The number of morpholine rings is 1. The summed E-state index contributed by atoms with van der Waals surface area (Å²) in [7, 11) is 0. The standard InChI is InChI=1S/C11H15N3O2S/c15-8-10-7-13(1-3-16-10)5-9-6-14-2-4-17-11(14)12-9/h2,4,6,10,15H,1,3,5,7-8H2. The van der Waals surface area contributed by atoms with Crippen LogP contribution in [0, 0.1) is 0 Å². The molecule has 17 heavy (non-hydrogen) atoms. The quantitative estimate of drug-likeness (QED) is 0.870. The van der Waals surface area contributed by atoms with E-state index in [-0.39, 0.29) is 12.7 Å². The number of hydrogen-bond acceptors (Lipinski definition) is 5. The molecule has 0 bridgehead atoms. The van der Waals surface area contributed by atoms with Gasteiger partial charge in [0.05, 0.1) is 25.0 Å². The van der Waals surface area contributed by atoms with Crippen molar-refractivity contribution in [3.05, 3.63) is 23.5 Å². The van der Waals surface area contributed by atoms with Crippen LogP contribution in [0.25, 0.3) is 4.96 Å². The highest BCUT2D eigenvalue weighted by Crippen LogP contribution is 2.14. The maximum Gasteiger partial charge on any atom is 0.193 e. The molecule has 92 valence electrons. The third-order valence-electron chi connectivity index (χ3n) is 2.96. The number of nitrogens with zero attached hydrogens (tertiary/aromatic N) is 3. The second-order valence-corrected chi connectivity index (χ2v) is 5.11. The molecule has 0 spiro atoms. The summed E-state index contributed by atoms with van der Waals surface area (Å²) >= 11 is 1.64. The maximum atomic E-state index is 9.09. The van der Waals surface area contributed by atoms with E-state index in [0.717, 1.165) is 30.3 Å². The van der Waals surface area contributed by atoms with Gasteiger partial charge in [-0.1, -0.05) is 0 Å². The minimum atomic E-state index is -0.0486. The number of aromatic nitrogens is 2. The molecule has 5 nitrogen and oxygen atoms in total. The van der Waals surface area contributed by atoms with Gasteiger partial charge < -0.3 is 9.84 Å². The number of thiazole rings is 1. The molecular formula is C11H15N3O2S. The van der Waals surface area contributed by atoms with Crippen LogP contribution in [0.15, 0.2) is 17.8 Å². The number of fused-ring (bicyclic) bond motifs is 1. The summed E-state index contributed by atoms with van der Waals surface area (Å²) < 4.78 is 7.47. The van der Waals surface area contributed by atoms with Crippen molar-refractivity contribution in [2.45, 2.75) is 12.6 Å². The second kappa shape index (κ2) is 4.73. The van der Waals surface area contributed by atoms with E-state index in [9.17, 15) is 0 Å². The molecule has 1 aliphatic heterocycles. The maximum absolute atomic E-state index is 9.09. The highest BCUT2D eigenvalue weighted by Gasteiger charge is 2.20. The minimum absolute atomic E-state index is 0.0486. The van der Waals surface area contributed by atoms with Gasteiger partial charge in [-0.25, -0.2) is 4.98 Å². The first-order chi connectivity index (χ1) is 8.35. The van der Waals surface area contributed by atoms with Crippen LogP contribution in [0.3, 0.4) is 0 Å². The fourth-order valence-corrected chi connectivity index (χ4v) is 2.83. The number of rotatable bonds is 3. The van der Waals surface area contributed by atoms with Crippen molar-refractivity contribution in [1.82, 2.24) is 14.3 Å². The van der Waals surface area contributed by atoms with Crippen LogP contribution >= 0.6 is 11.3 Å². The number of aliphatic hydroxyl groups is 1. The minimum Gasteiger partial charge on any atom is -0.394 e. The fraction of sp³-hybridized carbons (Fsp3) is 0.545. The average molecular weight is 253 g/mol. The Morgan fingerprint density at radius 3 is 3.35 bits per heavy atom. The van der Waals surface area contributed by atoms with E-state index in [4.69, 9.17) is 9.84 Å². The molecule has 3 heterocycles. The molecule has 2 aromatic rings. The third kappa shape index (κ3) is 2.35. The largest absolute Gasteiger partial charge is 0.394 e. The van der Waals surface area contributed by atoms with Gasteiger partial charge in [-0.2, -0.15) is 0 Å². The topological polar surface area (TPSA) is 50.0 Å². The monoisotopic (exact) mass is 253 g/mol. The molecule has 0 aliphatic carbocycles. The Kier molecular flexibility index (Phi) is 3.11. The van der Waals surface area contributed by atoms with Crippen molar-refractivity contribution in [2.75, 3.05) is 26.3 Å². The Morgan fingerprint density at radius 2 is 2.53 bits per heavy atom. The molecule has 3 rings (SSSR count). The summed E-state index contributed by atoms with van der Waals surface area (Å²) in [6, 6.07) is 0. The van der Waals surface area contributed by atoms with Gasteiger partial charge in [-0.05, 0) is 0 Å². The summed E-state index contributed by atoms with van der Waals surface area (Å²) in [6.45, 7) is 3.29. The van der Waals surface area contributed by atoms with Crippen molar-refractivity contribution in [2.24, 2.45) is 0 Å². The zero-order chi connectivity index (χ0) is 11.7. The molecule has 0 radical (unpaired) electrons. The third-order valence-corrected chi connectivity index (χ3v) is 3.73. The predicted octanol–water partition coefficient (Wildman–Crippen LogP) is 0.589. The summed E-state index contributed by atoms with van der Waals surface area (Å²) in [5.41, 5.74) is 1.08. The number of hydrogen-bond donors (Lipinski definition) is 1. The van der Waals surface area contributed by atoms with Crippen LogP contribution in [0.2, 0.25) is 0 Å². The van der Waals surface area contributed by atoms with E-state index < -0.39 is 0 Å². The first kappa shape index (κ1) is 11.2. The lowest BCUT2D eigenvalue weighted by molar-refractivity contribution is -0.0553. The Morgan fingerprint density at radius 1 is 1.59 bits per heavy atom. The first-order valence-electron chi connectivity index (χ1n) is 5.71. The van der Waals surface area contributed by atoms with Gasteiger partial charge in [0.25, 0.3) is 0 Å². The highest BCUT2D eigenvalue weighted by molar-refractivity contribution is 7.15. The number of imidazole rings is 1. The molecule has 1 N–H and O–H groups in total. The van der Waals surface area contributed by atoms with Crippen LogP contribution < -0.4 is 0 Å². The second-order valence-electron chi connectivity index (χ2n) is 4.24. The van der Waals surface area contributed by atoms with Gasteiger partial charge in [-0.15, -0.1) is 11.3 Å². The van der Waals surface area contributed by atoms with Crippen LogP contribution in [-0.2, 0) is 11.3 Å². The van der Waals surface area contributed by atoms with Crippen molar-refractivity contribution in [3.63, 3.8) is 0 Å². The lowest BCUT2D eigenvalue weighted by atomic mass is 10.2. The van der Waals surface area contributed by atoms with E-state index in [1.165, 1.54) is 0 Å². The van der Waals surface area contributed by atoms with Crippen LogP contribution in [0.1, 0.15) is 5.69 Å². The Bertz CT molecular complexity index is 467. The molecule has 1 saturated heterocycles. The number of ether oxygens (including phenoxy) is 1. The molecule has 2 aromatic heterocycles. The fourth-order valence-electron chi connectivity index (χ4n) is 2.12. The molecule has 1 aliphatic rings. The van der Waals surface area contributed by atoms with Gasteiger partial charge in [0.15, 0.2) is 4.96 Å². The molecule has 6 heteroatoms. The zero-order valence-electron chi connectivity index (χ0n) is 9.45. The lowest BCUT2D eigenvalue weighted by Crippen LogP contribution is -2.43. The van der Waals surface area contributed by atoms with Crippen molar-refractivity contribution >= 4 is 16.3 Å². The smallest absolute Gasteiger partial charge is 0.193 e. The summed E-state index contributed by atoms with van der Waals surface area (Å²) in [5, 5.41) is 11.1. The predicted molar refractivity (Wildman–Crippen MR) is 65.2 cm³/mol. The van der Waals surface area contributed by atoms with Crippen molar-refractivity contribution < 1.29 is 9.84 Å². The SMILES string of the molecule is OCC1CN(Cc2cn3ccsc3n2)CCO1. The molecule has 1 atom stereocenters. The van der Waals surface area contributed by atoms with Gasteiger partial charge in [0.2, 0.25) is 0 Å². The number of aliphatic hydroxyl groups excluding tert-OH is 1. The van der Waals surface area contributed by atoms with E-state index >= 15 is 0 Å². The molecule has 0 saturated carbocycles. The molecule has 1 fully saturated rings. The summed E-state index contributed by atoms with van der Waals surface area (Å²) in [5.74, 6) is 0. The van der Waals surface area contributed by atoms with E-state index in [0.29, 0.717) is 6.61 Å². The van der Waals surface area contributed by atoms with Crippen LogP contribution in [-0.4, -0.2) is 51.8 Å². The van der Waals surface area contributed by atoms with Crippen molar-refractivity contribution in [1.29, 1.82) is 0 Å². The summed E-state index contributed by atoms with van der Waals surface area (Å²) in [4.78, 5) is 7.86. The van der Waals surface area contributed by atoms with E-state index in [2.05, 4.69) is 16.1 Å². The van der Waals surface area contributed by atoms with E-state index in [1.54, 1.807) is 11.3 Å². The Balaban J connectivity index is 1.68. The zero-order valence-corrected chi connectivity index (χ0v) is 10.3. The Labute approximate surface area is 103 Å². The average Bonchev–Trinajstić information content (AvgIpc) is 2.90. The molecule has 1 unspecified atom stereocenters. The first-order valence-corrected chi connectivity index (χ1v) is 6.59. The normalized spacial score (nSPS) is 22.3. The van der Waals surface area contributed by atoms with Gasteiger partial charge in [-0.3, -0.25) is 9.30 Å². The summed E-state index contributed by atoms with van der Waals surface area (Å²) in [6.07, 6.45) is 4.04. The van der Waals surface area contributed by atoms with Crippen LogP contribution in [0.5, 0.6) is 0 Å². The molecule has 0 aromatic carbocycles. The van der Waals surface area contributed by atoms with Crippen molar-refractivity contribution in [3.8, 4) is 0 Å². The van der Waals surface area contributed by atoms with Gasteiger partial charge in [0.1, 0.15) is 0 Å².